The van der Waals surface area contributed by atoms with Gasteiger partial charge in [0.25, 0.3) is 5.91 Å². The topological polar surface area (TPSA) is 130 Å². The number of rotatable bonds is 9. The molecule has 0 bridgehead atoms. The van der Waals surface area contributed by atoms with Crippen LogP contribution in [0, 0.1) is 6.92 Å². The number of hydrogen-bond donors (Lipinski definition) is 4. The molecule has 4 N–H and O–H groups in total. The van der Waals surface area contributed by atoms with Crippen LogP contribution in [0.25, 0.3) is 0 Å². The standard InChI is InChI=1S/C27H25N7O3/c1-4-24(35)31-19-6-5-7-20(14-19)32-25-17(2)16-30-27(34-25)33-18-8-10-21(11-9-18)37-22-12-13-29-23(15-22)26(36)28-3/h4-16H,1H2,2-3H3,(H,28,36)(H,31,35)(H2,30,32,33,34). The number of benzene rings is 2. The monoisotopic (exact) mass is 495 g/mol. The fourth-order valence-electron chi connectivity index (χ4n) is 3.23. The van der Waals surface area contributed by atoms with Crippen molar-refractivity contribution in [1.82, 2.24) is 20.3 Å². The lowest BCUT2D eigenvalue weighted by molar-refractivity contribution is -0.111. The van der Waals surface area contributed by atoms with Gasteiger partial charge in [-0.15, -0.1) is 0 Å². The van der Waals surface area contributed by atoms with Gasteiger partial charge < -0.3 is 26.0 Å². The van der Waals surface area contributed by atoms with E-state index < -0.39 is 0 Å². The molecule has 0 saturated carbocycles. The molecule has 0 saturated heterocycles. The molecule has 10 heteroatoms. The fourth-order valence-corrected chi connectivity index (χ4v) is 3.23. The van der Waals surface area contributed by atoms with E-state index >= 15 is 0 Å². The lowest BCUT2D eigenvalue weighted by Gasteiger charge is -2.12. The number of carbonyl (C=O) groups is 2. The Hall–Kier alpha value is -5.25. The van der Waals surface area contributed by atoms with Gasteiger partial charge in [-0.25, -0.2) is 4.98 Å². The second-order valence-electron chi connectivity index (χ2n) is 7.83. The van der Waals surface area contributed by atoms with Gasteiger partial charge in [-0.2, -0.15) is 4.98 Å². The van der Waals surface area contributed by atoms with E-state index in [1.54, 1.807) is 49.6 Å². The molecule has 0 unspecified atom stereocenters. The molecule has 0 atom stereocenters. The summed E-state index contributed by atoms with van der Waals surface area (Å²) in [5.41, 5.74) is 3.28. The van der Waals surface area contributed by atoms with Crippen LogP contribution in [0.15, 0.2) is 85.7 Å². The van der Waals surface area contributed by atoms with E-state index in [1.165, 1.54) is 12.3 Å². The second kappa shape index (κ2) is 11.5. The number of aromatic nitrogens is 3. The molecule has 10 nitrogen and oxygen atoms in total. The fraction of sp³-hybridized carbons (Fsp3) is 0.0741. The van der Waals surface area contributed by atoms with E-state index in [4.69, 9.17) is 4.74 Å². The number of anilines is 5. The Morgan fingerprint density at radius 2 is 1.70 bits per heavy atom. The highest BCUT2D eigenvalue weighted by Crippen LogP contribution is 2.26. The van der Waals surface area contributed by atoms with Crippen molar-refractivity contribution >= 4 is 40.6 Å². The van der Waals surface area contributed by atoms with E-state index in [9.17, 15) is 9.59 Å². The highest BCUT2D eigenvalue weighted by molar-refractivity contribution is 5.99. The van der Waals surface area contributed by atoms with Crippen molar-refractivity contribution in [1.29, 1.82) is 0 Å². The summed E-state index contributed by atoms with van der Waals surface area (Å²) in [6, 6.07) is 17.8. The van der Waals surface area contributed by atoms with Crippen LogP contribution in [0.2, 0.25) is 0 Å². The molecular weight excluding hydrogens is 470 g/mol. The maximum atomic E-state index is 11.8. The van der Waals surface area contributed by atoms with E-state index in [2.05, 4.69) is 42.8 Å². The third-order valence-electron chi connectivity index (χ3n) is 5.09. The average molecular weight is 496 g/mol. The number of ether oxygens (including phenoxy) is 1. The molecule has 37 heavy (non-hydrogen) atoms. The third kappa shape index (κ3) is 6.67. The minimum Gasteiger partial charge on any atom is -0.457 e. The predicted molar refractivity (Wildman–Crippen MR) is 143 cm³/mol. The number of nitrogens with zero attached hydrogens (tertiary/aromatic N) is 3. The molecule has 2 aromatic carbocycles. The number of hydrogen-bond acceptors (Lipinski definition) is 8. The molecule has 0 spiro atoms. The normalized spacial score (nSPS) is 10.2. The van der Waals surface area contributed by atoms with Gasteiger partial charge in [0, 0.05) is 48.1 Å². The quantitative estimate of drug-likeness (QED) is 0.240. The van der Waals surface area contributed by atoms with Crippen LogP contribution < -0.4 is 26.0 Å². The Bertz CT molecular complexity index is 1440. The van der Waals surface area contributed by atoms with Crippen molar-refractivity contribution in [2.24, 2.45) is 0 Å². The van der Waals surface area contributed by atoms with Crippen molar-refractivity contribution in [3.8, 4) is 11.5 Å². The van der Waals surface area contributed by atoms with Crippen molar-refractivity contribution in [3.63, 3.8) is 0 Å². The average Bonchev–Trinajstić information content (AvgIpc) is 2.91. The largest absolute Gasteiger partial charge is 0.457 e. The maximum Gasteiger partial charge on any atom is 0.269 e. The Kier molecular flexibility index (Phi) is 7.69. The lowest BCUT2D eigenvalue weighted by Crippen LogP contribution is -2.18. The van der Waals surface area contributed by atoms with Crippen molar-refractivity contribution in [3.05, 3.63) is 97.0 Å². The Labute approximate surface area is 213 Å². The Morgan fingerprint density at radius 3 is 2.46 bits per heavy atom. The van der Waals surface area contributed by atoms with Gasteiger partial charge in [0.15, 0.2) is 0 Å². The minimum atomic E-state index is -0.288. The second-order valence-corrected chi connectivity index (χ2v) is 7.83. The summed E-state index contributed by atoms with van der Waals surface area (Å²) in [4.78, 5) is 36.3. The number of aryl methyl sites for hydroxylation is 1. The highest BCUT2D eigenvalue weighted by atomic mass is 16.5. The van der Waals surface area contributed by atoms with Crippen LogP contribution in [0.1, 0.15) is 16.1 Å². The molecule has 4 rings (SSSR count). The van der Waals surface area contributed by atoms with Crippen molar-refractivity contribution < 1.29 is 14.3 Å². The molecule has 2 heterocycles. The zero-order valence-corrected chi connectivity index (χ0v) is 20.3. The van der Waals surface area contributed by atoms with Gasteiger partial charge in [-0.3, -0.25) is 14.6 Å². The summed E-state index contributed by atoms with van der Waals surface area (Å²) < 4.78 is 5.84. The van der Waals surface area contributed by atoms with Crippen LogP contribution in [-0.2, 0) is 4.79 Å². The van der Waals surface area contributed by atoms with E-state index in [0.717, 1.165) is 16.9 Å². The van der Waals surface area contributed by atoms with Crippen LogP contribution >= 0.6 is 0 Å². The van der Waals surface area contributed by atoms with Gasteiger partial charge in [-0.05, 0) is 61.5 Å². The molecule has 0 radical (unpaired) electrons. The first kappa shape index (κ1) is 24.9. The molecular formula is C27H25N7O3. The lowest BCUT2D eigenvalue weighted by atomic mass is 10.2. The molecule has 0 fully saturated rings. The molecule has 186 valence electrons. The first-order valence-electron chi connectivity index (χ1n) is 11.3. The van der Waals surface area contributed by atoms with Gasteiger partial charge in [0.1, 0.15) is 23.0 Å². The number of carbonyl (C=O) groups excluding carboxylic acids is 2. The van der Waals surface area contributed by atoms with E-state index in [1.807, 2.05) is 31.2 Å². The summed E-state index contributed by atoms with van der Waals surface area (Å²) in [5.74, 6) is 1.54. The zero-order valence-electron chi connectivity index (χ0n) is 20.3. The van der Waals surface area contributed by atoms with Crippen LogP contribution in [-0.4, -0.2) is 33.8 Å². The first-order valence-corrected chi connectivity index (χ1v) is 11.3. The Balaban J connectivity index is 1.43. The number of amides is 2. The van der Waals surface area contributed by atoms with Gasteiger partial charge in [-0.1, -0.05) is 12.6 Å². The molecule has 4 aromatic rings. The smallest absolute Gasteiger partial charge is 0.269 e. The highest BCUT2D eigenvalue weighted by Gasteiger charge is 2.09. The van der Waals surface area contributed by atoms with Gasteiger partial charge in [0.05, 0.1) is 0 Å². The van der Waals surface area contributed by atoms with Crippen LogP contribution in [0.5, 0.6) is 11.5 Å². The number of nitrogens with one attached hydrogen (secondary N) is 4. The SMILES string of the molecule is C=CC(=O)Nc1cccc(Nc2nc(Nc3ccc(Oc4ccnc(C(=O)NC)c4)cc3)ncc2C)c1. The first-order chi connectivity index (χ1) is 17.9. The predicted octanol–water partition coefficient (Wildman–Crippen LogP) is 4.94. The molecule has 0 aliphatic heterocycles. The maximum absolute atomic E-state index is 11.8. The van der Waals surface area contributed by atoms with Gasteiger partial charge in [0.2, 0.25) is 11.9 Å². The van der Waals surface area contributed by atoms with E-state index in [-0.39, 0.29) is 17.5 Å². The molecule has 2 aromatic heterocycles. The summed E-state index contributed by atoms with van der Waals surface area (Å²) in [5, 5.41) is 11.7. The van der Waals surface area contributed by atoms with Gasteiger partial charge >= 0.3 is 0 Å². The number of pyridine rings is 1. The van der Waals surface area contributed by atoms with Crippen LogP contribution in [0.4, 0.5) is 28.8 Å². The zero-order chi connectivity index (χ0) is 26.2. The third-order valence-corrected chi connectivity index (χ3v) is 5.09. The molecule has 0 aliphatic rings. The van der Waals surface area contributed by atoms with Crippen LogP contribution in [0.3, 0.4) is 0 Å². The Morgan fingerprint density at radius 1 is 0.919 bits per heavy atom. The molecule has 2 amide bonds. The summed E-state index contributed by atoms with van der Waals surface area (Å²) in [7, 11) is 1.55. The summed E-state index contributed by atoms with van der Waals surface area (Å²) in [6.45, 7) is 5.36. The molecule has 0 aliphatic carbocycles. The van der Waals surface area contributed by atoms with Crippen molar-refractivity contribution in [2.45, 2.75) is 6.92 Å². The van der Waals surface area contributed by atoms with Crippen molar-refractivity contribution in [2.75, 3.05) is 23.0 Å². The van der Waals surface area contributed by atoms with E-state index in [0.29, 0.717) is 29.0 Å². The minimum absolute atomic E-state index is 0.271. The summed E-state index contributed by atoms with van der Waals surface area (Å²) >= 11 is 0. The summed E-state index contributed by atoms with van der Waals surface area (Å²) in [6.07, 6.45) is 4.45.